The Kier molecular flexibility index (Phi) is 13.4. The molecular formula is C35H47N3O3S. The number of nitrogens with zero attached hydrogens (tertiary/aromatic N) is 1. The summed E-state index contributed by atoms with van der Waals surface area (Å²) in [5, 5.41) is 6.53. The van der Waals surface area contributed by atoms with Gasteiger partial charge in [0, 0.05) is 24.2 Å². The van der Waals surface area contributed by atoms with E-state index in [0.717, 1.165) is 61.3 Å². The van der Waals surface area contributed by atoms with Gasteiger partial charge in [-0.1, -0.05) is 93.3 Å². The van der Waals surface area contributed by atoms with Gasteiger partial charge < -0.3 is 15.4 Å². The van der Waals surface area contributed by atoms with Crippen LogP contribution in [0.25, 0.3) is 0 Å². The van der Waals surface area contributed by atoms with Gasteiger partial charge >= 0.3 is 6.09 Å². The third kappa shape index (κ3) is 11.2. The maximum atomic E-state index is 13.5. The lowest BCUT2D eigenvalue weighted by molar-refractivity contribution is -0.127. The second kappa shape index (κ2) is 17.7. The highest BCUT2D eigenvalue weighted by molar-refractivity contribution is 7.09. The third-order valence-corrected chi connectivity index (χ3v) is 9.20. The molecule has 226 valence electrons. The lowest BCUT2D eigenvalue weighted by Gasteiger charge is -2.30. The molecule has 0 bridgehead atoms. The zero-order valence-electron chi connectivity index (χ0n) is 25.0. The Morgan fingerprint density at radius 3 is 2.07 bits per heavy atom. The van der Waals surface area contributed by atoms with Crippen LogP contribution in [0.4, 0.5) is 4.79 Å². The first-order valence-electron chi connectivity index (χ1n) is 15.8. The molecule has 1 heterocycles. The van der Waals surface area contributed by atoms with Crippen LogP contribution in [-0.4, -0.2) is 29.1 Å². The summed E-state index contributed by atoms with van der Waals surface area (Å²) in [6, 6.07) is 20.4. The summed E-state index contributed by atoms with van der Waals surface area (Å²) in [7, 11) is 0. The van der Waals surface area contributed by atoms with Crippen LogP contribution in [0.2, 0.25) is 0 Å². The van der Waals surface area contributed by atoms with Gasteiger partial charge in [0.15, 0.2) is 0 Å². The SMILES string of the molecule is CCCCC[C@H]1CC[C@H](C(=O)N[C@H](CC[C@H](Cc2ccccc2)NC(=O)OCc2cncs2)Cc2ccccc2)CC1. The van der Waals surface area contributed by atoms with Crippen LogP contribution in [0.1, 0.15) is 87.1 Å². The number of carbonyl (C=O) groups is 2. The standard InChI is InChI=1S/C35H47N3O3S/c1-2-3-6-11-27-16-18-30(19-17-27)34(39)37-31(22-28-12-7-4-8-13-28)20-21-32(23-29-14-9-5-10-15-29)38-35(40)41-25-33-24-36-26-42-33/h4-5,7-10,12-15,24,26-27,30-32H,2-3,6,11,16-23,25H2,1H3,(H,37,39)(H,38,40)/t27-,30-,31-,32-/m1/s1. The van der Waals surface area contributed by atoms with E-state index in [4.69, 9.17) is 4.74 Å². The summed E-state index contributed by atoms with van der Waals surface area (Å²) in [4.78, 5) is 31.2. The molecular weight excluding hydrogens is 542 g/mol. The molecule has 3 aromatic rings. The van der Waals surface area contributed by atoms with Gasteiger partial charge in [-0.2, -0.15) is 0 Å². The van der Waals surface area contributed by atoms with Gasteiger partial charge in [-0.05, 0) is 68.4 Å². The van der Waals surface area contributed by atoms with E-state index in [2.05, 4.69) is 46.8 Å². The maximum absolute atomic E-state index is 13.5. The number of hydrogen-bond donors (Lipinski definition) is 2. The quantitative estimate of drug-likeness (QED) is 0.167. The fraction of sp³-hybridized carbons (Fsp3) is 0.514. The number of aromatic nitrogens is 1. The number of alkyl carbamates (subject to hydrolysis) is 1. The van der Waals surface area contributed by atoms with Crippen molar-refractivity contribution in [1.29, 1.82) is 0 Å². The van der Waals surface area contributed by atoms with E-state index in [9.17, 15) is 9.59 Å². The second-order valence-electron chi connectivity index (χ2n) is 11.8. The van der Waals surface area contributed by atoms with E-state index < -0.39 is 6.09 Å². The summed E-state index contributed by atoms with van der Waals surface area (Å²) in [6.45, 7) is 2.46. The smallest absolute Gasteiger partial charge is 0.407 e. The molecule has 2 amide bonds. The normalized spacial score (nSPS) is 18.1. The Balaban J connectivity index is 1.36. The number of thiazole rings is 1. The minimum atomic E-state index is -0.427. The summed E-state index contributed by atoms with van der Waals surface area (Å²) in [6.07, 6.45) is 13.8. The lowest BCUT2D eigenvalue weighted by Crippen LogP contribution is -2.43. The zero-order chi connectivity index (χ0) is 29.4. The van der Waals surface area contributed by atoms with Crippen molar-refractivity contribution in [3.05, 3.63) is 88.4 Å². The van der Waals surface area contributed by atoms with Crippen LogP contribution < -0.4 is 10.6 Å². The molecule has 1 aliphatic rings. The van der Waals surface area contributed by atoms with Crippen molar-refractivity contribution in [3.8, 4) is 0 Å². The van der Waals surface area contributed by atoms with Crippen LogP contribution in [-0.2, 0) is 29.0 Å². The van der Waals surface area contributed by atoms with Crippen LogP contribution in [0.5, 0.6) is 0 Å². The molecule has 1 saturated carbocycles. The maximum Gasteiger partial charge on any atom is 0.407 e. The first-order chi connectivity index (χ1) is 20.6. The van der Waals surface area contributed by atoms with Crippen LogP contribution in [0, 0.1) is 11.8 Å². The van der Waals surface area contributed by atoms with E-state index in [1.165, 1.54) is 42.6 Å². The largest absolute Gasteiger partial charge is 0.444 e. The summed E-state index contributed by atoms with van der Waals surface area (Å²) in [5.41, 5.74) is 4.10. The summed E-state index contributed by atoms with van der Waals surface area (Å²) >= 11 is 1.47. The Labute approximate surface area is 255 Å². The van der Waals surface area contributed by atoms with Gasteiger partial charge in [-0.15, -0.1) is 11.3 Å². The van der Waals surface area contributed by atoms with Crippen molar-refractivity contribution in [2.75, 3.05) is 0 Å². The third-order valence-electron chi connectivity index (χ3n) is 8.44. The fourth-order valence-corrected chi connectivity index (χ4v) is 6.53. The molecule has 1 aliphatic carbocycles. The molecule has 2 aromatic carbocycles. The Morgan fingerprint density at radius 2 is 1.50 bits per heavy atom. The molecule has 2 atom stereocenters. The highest BCUT2D eigenvalue weighted by atomic mass is 32.1. The number of unbranched alkanes of at least 4 members (excludes halogenated alkanes) is 2. The van der Waals surface area contributed by atoms with Gasteiger partial charge in [0.25, 0.3) is 0 Å². The van der Waals surface area contributed by atoms with Gasteiger partial charge in [0.2, 0.25) is 5.91 Å². The van der Waals surface area contributed by atoms with E-state index in [1.807, 2.05) is 36.4 Å². The topological polar surface area (TPSA) is 80.3 Å². The Hall–Kier alpha value is -3.19. The number of amides is 2. The molecule has 4 rings (SSSR count). The number of benzene rings is 2. The number of rotatable bonds is 16. The van der Waals surface area contributed by atoms with Crippen molar-refractivity contribution in [3.63, 3.8) is 0 Å². The average Bonchev–Trinajstić information content (AvgIpc) is 3.54. The van der Waals surface area contributed by atoms with E-state index >= 15 is 0 Å². The zero-order valence-corrected chi connectivity index (χ0v) is 25.8. The molecule has 0 saturated heterocycles. The highest BCUT2D eigenvalue weighted by Gasteiger charge is 2.28. The molecule has 42 heavy (non-hydrogen) atoms. The molecule has 0 spiro atoms. The second-order valence-corrected chi connectivity index (χ2v) is 12.7. The Morgan fingerprint density at radius 1 is 0.881 bits per heavy atom. The molecule has 0 unspecified atom stereocenters. The monoisotopic (exact) mass is 589 g/mol. The first kappa shape index (κ1) is 31.7. The molecule has 7 heteroatoms. The van der Waals surface area contributed by atoms with Crippen LogP contribution in [0.3, 0.4) is 0 Å². The fourth-order valence-electron chi connectivity index (χ4n) is 6.02. The first-order valence-corrected chi connectivity index (χ1v) is 16.7. The molecule has 2 N–H and O–H groups in total. The van der Waals surface area contributed by atoms with Gasteiger partial charge in [0.05, 0.1) is 10.4 Å². The number of nitrogens with one attached hydrogen (secondary N) is 2. The predicted molar refractivity (Wildman–Crippen MR) is 170 cm³/mol. The van der Waals surface area contributed by atoms with Gasteiger partial charge in [-0.25, -0.2) is 4.79 Å². The van der Waals surface area contributed by atoms with E-state index in [-0.39, 0.29) is 30.5 Å². The van der Waals surface area contributed by atoms with Gasteiger partial charge in [-0.3, -0.25) is 9.78 Å². The molecule has 1 aromatic heterocycles. The van der Waals surface area contributed by atoms with Crippen LogP contribution >= 0.6 is 11.3 Å². The van der Waals surface area contributed by atoms with E-state index in [1.54, 1.807) is 11.7 Å². The van der Waals surface area contributed by atoms with Crippen molar-refractivity contribution in [2.45, 2.75) is 103 Å². The number of carbonyl (C=O) groups excluding carboxylic acids is 2. The minimum Gasteiger partial charge on any atom is -0.444 e. The summed E-state index contributed by atoms with van der Waals surface area (Å²) in [5.74, 6) is 1.08. The molecule has 0 aliphatic heterocycles. The number of ether oxygens (including phenoxy) is 1. The highest BCUT2D eigenvalue weighted by Crippen LogP contribution is 2.32. The molecule has 0 radical (unpaired) electrons. The van der Waals surface area contributed by atoms with E-state index in [0.29, 0.717) is 6.42 Å². The Bertz CT molecular complexity index is 1160. The predicted octanol–water partition coefficient (Wildman–Crippen LogP) is 7.88. The van der Waals surface area contributed by atoms with Crippen molar-refractivity contribution < 1.29 is 14.3 Å². The average molecular weight is 590 g/mol. The van der Waals surface area contributed by atoms with Crippen LogP contribution in [0.15, 0.2) is 72.4 Å². The van der Waals surface area contributed by atoms with Crippen molar-refractivity contribution >= 4 is 23.3 Å². The van der Waals surface area contributed by atoms with Crippen molar-refractivity contribution in [1.82, 2.24) is 15.6 Å². The lowest BCUT2D eigenvalue weighted by atomic mass is 9.79. The number of hydrogen-bond acceptors (Lipinski definition) is 5. The minimum absolute atomic E-state index is 0.00420. The van der Waals surface area contributed by atoms with Gasteiger partial charge in [0.1, 0.15) is 6.61 Å². The molecule has 1 fully saturated rings. The molecule has 6 nitrogen and oxygen atoms in total. The summed E-state index contributed by atoms with van der Waals surface area (Å²) < 4.78 is 5.49. The van der Waals surface area contributed by atoms with Crippen molar-refractivity contribution in [2.24, 2.45) is 11.8 Å².